The maximum absolute atomic E-state index is 11.8. The van der Waals surface area contributed by atoms with Crippen molar-refractivity contribution in [1.29, 1.82) is 5.26 Å². The Kier molecular flexibility index (Phi) is 6.83. The second-order valence-corrected chi connectivity index (χ2v) is 13.2. The molecule has 5 saturated carbocycles. The van der Waals surface area contributed by atoms with Gasteiger partial charge in [-0.3, -0.25) is 9.00 Å². The molecule has 1 amide bonds. The summed E-state index contributed by atoms with van der Waals surface area (Å²) in [6, 6.07) is 10.7. The van der Waals surface area contributed by atoms with Gasteiger partial charge in [0.1, 0.15) is 17.5 Å². The number of hydrogen-bond donors (Lipinski definition) is 1. The highest BCUT2D eigenvalue weighted by atomic mass is 32.2. The van der Waals surface area contributed by atoms with Crippen LogP contribution in [0.3, 0.4) is 0 Å². The molecule has 7 nitrogen and oxygen atoms in total. The molecular weight excluding hydrogens is 484 g/mol. The van der Waals surface area contributed by atoms with E-state index in [9.17, 15) is 9.00 Å². The SMILES string of the molecule is N#CC1(NC(=O)C2CCCCC2)CC1.O=S1CCN(c2ccc(-c3coc(C4C5CC4C5)n3)cc2)CC1. The van der Waals surface area contributed by atoms with Gasteiger partial charge in [-0.25, -0.2) is 4.98 Å². The predicted octanol–water partition coefficient (Wildman–Crippen LogP) is 4.77. The number of nitrogens with one attached hydrogen (secondary N) is 1. The first-order valence-electron chi connectivity index (χ1n) is 13.9. The second kappa shape index (κ2) is 10.2. The molecule has 0 spiro atoms. The number of oxazole rings is 1. The lowest BCUT2D eigenvalue weighted by Gasteiger charge is -2.56. The van der Waals surface area contributed by atoms with Crippen molar-refractivity contribution in [2.24, 2.45) is 17.8 Å². The Balaban J connectivity index is 0.000000155. The molecule has 1 aromatic carbocycles. The number of benzene rings is 1. The van der Waals surface area contributed by atoms with Gasteiger partial charge in [0.05, 0.1) is 6.07 Å². The first-order valence-corrected chi connectivity index (χ1v) is 15.4. The molecule has 8 rings (SSSR count). The second-order valence-electron chi connectivity index (χ2n) is 11.5. The standard InChI is InChI=1S/C18H20N2O2S.C11H16N2O/c21-23-7-5-20(6-8-23)15-3-1-12(2-4-15)16-11-22-18(19-16)17-13-9-14(17)10-13;12-8-11(6-7-11)13-10(14)9-4-2-1-3-5-9/h1-4,11,13-14,17H,5-10H2;9H,1-7H2,(H,13,14). The normalized spacial score (nSPS) is 28.1. The lowest BCUT2D eigenvalue weighted by Crippen LogP contribution is -2.48. The molecule has 1 saturated heterocycles. The molecule has 196 valence electrons. The largest absolute Gasteiger partial charge is 0.448 e. The Bertz CT molecular complexity index is 1170. The lowest BCUT2D eigenvalue weighted by atomic mass is 9.48. The highest BCUT2D eigenvalue weighted by Crippen LogP contribution is 2.63. The summed E-state index contributed by atoms with van der Waals surface area (Å²) in [6.07, 6.45) is 11.8. The number of carbonyl (C=O) groups is 1. The number of aromatic nitrogens is 1. The molecule has 6 fully saturated rings. The summed E-state index contributed by atoms with van der Waals surface area (Å²) >= 11 is 0. The van der Waals surface area contributed by atoms with Crippen molar-refractivity contribution in [1.82, 2.24) is 10.3 Å². The van der Waals surface area contributed by atoms with Gasteiger partial charge in [-0.2, -0.15) is 5.26 Å². The van der Waals surface area contributed by atoms with Gasteiger partial charge in [0.25, 0.3) is 0 Å². The number of nitriles is 1. The molecule has 2 heterocycles. The Hall–Kier alpha value is -2.66. The molecule has 2 bridgehead atoms. The van der Waals surface area contributed by atoms with E-state index in [-0.39, 0.29) is 11.8 Å². The van der Waals surface area contributed by atoms with E-state index in [0.29, 0.717) is 5.92 Å². The molecule has 0 radical (unpaired) electrons. The Morgan fingerprint density at radius 3 is 2.32 bits per heavy atom. The summed E-state index contributed by atoms with van der Waals surface area (Å²) in [5.41, 5.74) is 2.78. The average Bonchev–Trinajstić information content (AvgIpc) is 3.50. The Morgan fingerprint density at radius 2 is 1.76 bits per heavy atom. The Labute approximate surface area is 221 Å². The summed E-state index contributed by atoms with van der Waals surface area (Å²) in [6.45, 7) is 1.76. The van der Waals surface area contributed by atoms with Crippen LogP contribution in [-0.2, 0) is 15.6 Å². The van der Waals surface area contributed by atoms with Crippen LogP contribution in [0.2, 0.25) is 0 Å². The molecule has 1 aromatic heterocycles. The molecule has 0 atom stereocenters. The van der Waals surface area contributed by atoms with E-state index in [1.807, 2.05) is 0 Å². The minimum absolute atomic E-state index is 0.115. The van der Waals surface area contributed by atoms with Crippen LogP contribution >= 0.6 is 0 Å². The number of rotatable bonds is 5. The van der Waals surface area contributed by atoms with Gasteiger partial charge in [-0.15, -0.1) is 0 Å². The molecule has 6 aliphatic rings. The zero-order valence-electron chi connectivity index (χ0n) is 21.4. The van der Waals surface area contributed by atoms with Gasteiger partial charge in [0.15, 0.2) is 5.89 Å². The minimum atomic E-state index is -0.630. The quantitative estimate of drug-likeness (QED) is 0.610. The summed E-state index contributed by atoms with van der Waals surface area (Å²) in [4.78, 5) is 18.8. The van der Waals surface area contributed by atoms with Crippen LogP contribution in [-0.4, -0.2) is 45.2 Å². The van der Waals surface area contributed by atoms with E-state index in [2.05, 4.69) is 40.6 Å². The molecular formula is C29H36N4O3S. The van der Waals surface area contributed by atoms with Crippen molar-refractivity contribution in [2.45, 2.75) is 69.2 Å². The smallest absolute Gasteiger partial charge is 0.224 e. The number of hydrogen-bond acceptors (Lipinski definition) is 6. The number of nitrogens with zero attached hydrogens (tertiary/aromatic N) is 3. The van der Waals surface area contributed by atoms with Crippen molar-refractivity contribution >= 4 is 22.4 Å². The molecule has 1 aliphatic heterocycles. The van der Waals surface area contributed by atoms with E-state index in [1.54, 1.807) is 6.26 Å². The van der Waals surface area contributed by atoms with E-state index in [4.69, 9.17) is 14.7 Å². The van der Waals surface area contributed by atoms with Crippen LogP contribution in [0.25, 0.3) is 11.3 Å². The van der Waals surface area contributed by atoms with Gasteiger partial charge in [0.2, 0.25) is 5.91 Å². The van der Waals surface area contributed by atoms with Gasteiger partial charge < -0.3 is 14.6 Å². The molecule has 1 N–H and O–H groups in total. The fourth-order valence-electron chi connectivity index (χ4n) is 6.10. The maximum atomic E-state index is 11.8. The highest BCUT2D eigenvalue weighted by molar-refractivity contribution is 7.85. The maximum Gasteiger partial charge on any atom is 0.224 e. The third-order valence-electron chi connectivity index (χ3n) is 9.04. The van der Waals surface area contributed by atoms with Crippen LogP contribution in [0, 0.1) is 29.1 Å². The fourth-order valence-corrected chi connectivity index (χ4v) is 7.15. The zero-order chi connectivity index (χ0) is 25.4. The van der Waals surface area contributed by atoms with E-state index >= 15 is 0 Å². The molecule has 5 aliphatic carbocycles. The van der Waals surface area contributed by atoms with Crippen LogP contribution in [0.4, 0.5) is 5.69 Å². The molecule has 8 heteroatoms. The first kappa shape index (κ1) is 24.7. The third-order valence-corrected chi connectivity index (χ3v) is 10.3. The summed E-state index contributed by atoms with van der Waals surface area (Å²) in [5, 5.41) is 11.7. The van der Waals surface area contributed by atoms with E-state index < -0.39 is 16.3 Å². The van der Waals surface area contributed by atoms with Crippen molar-refractivity contribution in [2.75, 3.05) is 29.5 Å². The lowest BCUT2D eigenvalue weighted by molar-refractivity contribution is -0.126. The van der Waals surface area contributed by atoms with Crippen molar-refractivity contribution < 1.29 is 13.4 Å². The summed E-state index contributed by atoms with van der Waals surface area (Å²) < 4.78 is 17.2. The number of amides is 1. The van der Waals surface area contributed by atoms with Crippen LogP contribution in [0.15, 0.2) is 34.9 Å². The third kappa shape index (κ3) is 5.20. The zero-order valence-corrected chi connectivity index (χ0v) is 22.2. The molecule has 2 aromatic rings. The van der Waals surface area contributed by atoms with Crippen molar-refractivity contribution in [3.05, 3.63) is 36.4 Å². The molecule has 37 heavy (non-hydrogen) atoms. The first-order chi connectivity index (χ1) is 18.0. The van der Waals surface area contributed by atoms with Gasteiger partial charge in [0, 0.05) is 58.5 Å². The van der Waals surface area contributed by atoms with Gasteiger partial charge in [-0.05, 0) is 62.5 Å². The minimum Gasteiger partial charge on any atom is -0.448 e. The topological polar surface area (TPSA) is 99.2 Å². The average molecular weight is 521 g/mol. The van der Waals surface area contributed by atoms with Crippen molar-refractivity contribution in [3.8, 4) is 17.3 Å². The fraction of sp³-hybridized carbons (Fsp3) is 0.621. The van der Waals surface area contributed by atoms with E-state index in [1.165, 1.54) is 24.9 Å². The Morgan fingerprint density at radius 1 is 1.08 bits per heavy atom. The van der Waals surface area contributed by atoms with Crippen LogP contribution in [0.5, 0.6) is 0 Å². The van der Waals surface area contributed by atoms with Crippen LogP contribution in [0.1, 0.15) is 69.6 Å². The molecule has 0 unspecified atom stereocenters. The number of carbonyl (C=O) groups excluding carboxylic acids is 1. The summed E-state index contributed by atoms with van der Waals surface area (Å²) in [7, 11) is -0.630. The summed E-state index contributed by atoms with van der Waals surface area (Å²) in [5.74, 6) is 5.04. The van der Waals surface area contributed by atoms with E-state index in [0.717, 1.165) is 92.1 Å². The van der Waals surface area contributed by atoms with Gasteiger partial charge in [-0.1, -0.05) is 31.4 Å². The van der Waals surface area contributed by atoms with Crippen molar-refractivity contribution in [3.63, 3.8) is 0 Å². The van der Waals surface area contributed by atoms with Crippen LogP contribution < -0.4 is 10.2 Å². The number of anilines is 1. The van der Waals surface area contributed by atoms with Gasteiger partial charge >= 0.3 is 0 Å². The highest BCUT2D eigenvalue weighted by Gasteiger charge is 2.55. The predicted molar refractivity (Wildman–Crippen MR) is 143 cm³/mol. The monoisotopic (exact) mass is 520 g/mol.